The number of alkyl halides is 3. The van der Waals surface area contributed by atoms with Gasteiger partial charge in [0.2, 0.25) is 0 Å². The van der Waals surface area contributed by atoms with E-state index in [0.717, 1.165) is 12.1 Å². The minimum absolute atomic E-state index is 0.0107. The first-order chi connectivity index (χ1) is 10.0. The van der Waals surface area contributed by atoms with Crippen molar-refractivity contribution in [3.8, 4) is 0 Å². The molecule has 0 N–H and O–H groups in total. The van der Waals surface area contributed by atoms with Crippen LogP contribution >= 0.6 is 11.6 Å². The third kappa shape index (κ3) is 3.85. The van der Waals surface area contributed by atoms with E-state index in [1.807, 2.05) is 0 Å². The molecule has 0 fully saturated rings. The van der Waals surface area contributed by atoms with Crippen molar-refractivity contribution >= 4 is 22.6 Å². The Hall–Kier alpha value is -1.34. The molecular weight excluding hydrogens is 312 g/mol. The first kappa shape index (κ1) is 16.0. The smallest absolute Gasteiger partial charge is 0.261 e. The molecule has 1 aromatic carbocycles. The molecule has 2 rings (SSSR count). The van der Waals surface area contributed by atoms with Gasteiger partial charge in [-0.1, -0.05) is 0 Å². The van der Waals surface area contributed by atoms with E-state index in [2.05, 4.69) is 4.98 Å². The fraction of sp³-hybridized carbons (Fsp3) is 0.462. The molecule has 2 aromatic rings. The second-order valence-corrected chi connectivity index (χ2v) is 4.72. The van der Waals surface area contributed by atoms with Gasteiger partial charge in [-0.3, -0.25) is 0 Å². The number of hydrogen-bond acceptors (Lipinski definition) is 2. The third-order valence-corrected chi connectivity index (χ3v) is 3.06. The van der Waals surface area contributed by atoms with Gasteiger partial charge in [0.05, 0.1) is 12.1 Å². The van der Waals surface area contributed by atoms with Gasteiger partial charge in [-0.05, 0) is 6.07 Å². The summed E-state index contributed by atoms with van der Waals surface area (Å²) in [5, 5.41) is 0. The summed E-state index contributed by atoms with van der Waals surface area (Å²) in [6, 6.07) is 1.90. The first-order valence-electron chi connectivity index (χ1n) is 6.29. The summed E-state index contributed by atoms with van der Waals surface area (Å²) in [5.41, 5.74) is 0.290. The van der Waals surface area contributed by atoms with Crippen LogP contribution in [0.25, 0.3) is 11.0 Å². The lowest BCUT2D eigenvalue weighted by Gasteiger charge is -2.09. The predicted molar refractivity (Wildman–Crippen MR) is 70.9 cm³/mol. The monoisotopic (exact) mass is 324 g/mol. The molecule has 1 aromatic heterocycles. The van der Waals surface area contributed by atoms with Gasteiger partial charge >= 0.3 is 0 Å². The average molecular weight is 325 g/mol. The van der Waals surface area contributed by atoms with Crippen LogP contribution in [0.1, 0.15) is 5.82 Å². The Kier molecular flexibility index (Phi) is 5.41. The molecule has 0 unspecified atom stereocenters. The third-order valence-electron chi connectivity index (χ3n) is 2.87. The standard InChI is InChI=1S/C13H13ClF4N2O/c14-2-1-12-19-13-9(16)5-8(15)6-10(13)20(12)3-4-21-7-11(17)18/h5-6,11H,1-4,7H2. The molecule has 0 saturated carbocycles. The van der Waals surface area contributed by atoms with E-state index in [1.54, 1.807) is 0 Å². The molecule has 0 amide bonds. The summed E-state index contributed by atoms with van der Waals surface area (Å²) < 4.78 is 57.4. The van der Waals surface area contributed by atoms with Crippen LogP contribution in [0, 0.1) is 11.6 Å². The molecule has 0 aliphatic heterocycles. The zero-order chi connectivity index (χ0) is 15.4. The van der Waals surface area contributed by atoms with Gasteiger partial charge in [-0.2, -0.15) is 0 Å². The van der Waals surface area contributed by atoms with E-state index >= 15 is 0 Å². The van der Waals surface area contributed by atoms with Crippen molar-refractivity contribution in [3.63, 3.8) is 0 Å². The number of benzene rings is 1. The number of aryl methyl sites for hydroxylation is 1. The molecule has 8 heteroatoms. The fourth-order valence-corrected chi connectivity index (χ4v) is 2.22. The summed E-state index contributed by atoms with van der Waals surface area (Å²) in [7, 11) is 0. The summed E-state index contributed by atoms with van der Waals surface area (Å²) in [6.07, 6.45) is -2.20. The number of nitrogens with zero attached hydrogens (tertiary/aromatic N) is 2. The highest BCUT2D eigenvalue weighted by atomic mass is 35.5. The average Bonchev–Trinajstić information content (AvgIpc) is 2.73. The van der Waals surface area contributed by atoms with Crippen molar-refractivity contribution in [1.29, 1.82) is 0 Å². The molecule has 0 atom stereocenters. The molecule has 116 valence electrons. The van der Waals surface area contributed by atoms with Gasteiger partial charge in [-0.25, -0.2) is 22.5 Å². The number of halogens is 5. The topological polar surface area (TPSA) is 27.1 Å². The number of imidazole rings is 1. The summed E-state index contributed by atoms with van der Waals surface area (Å²) in [6.45, 7) is -0.526. The largest absolute Gasteiger partial charge is 0.374 e. The second kappa shape index (κ2) is 7.09. The van der Waals surface area contributed by atoms with Gasteiger partial charge in [-0.15, -0.1) is 11.6 Å². The van der Waals surface area contributed by atoms with Crippen LogP contribution in [0.4, 0.5) is 17.6 Å². The number of rotatable bonds is 7. The van der Waals surface area contributed by atoms with Crippen molar-refractivity contribution in [3.05, 3.63) is 29.6 Å². The Morgan fingerprint density at radius 1 is 1.29 bits per heavy atom. The Morgan fingerprint density at radius 3 is 2.71 bits per heavy atom. The van der Waals surface area contributed by atoms with E-state index in [9.17, 15) is 17.6 Å². The Balaban J connectivity index is 2.27. The quantitative estimate of drug-likeness (QED) is 0.443. The molecule has 0 aliphatic rings. The summed E-state index contributed by atoms with van der Waals surface area (Å²) >= 11 is 5.66. The molecule has 0 spiro atoms. The van der Waals surface area contributed by atoms with Crippen LogP contribution in [-0.2, 0) is 17.7 Å². The van der Waals surface area contributed by atoms with E-state index in [1.165, 1.54) is 4.57 Å². The van der Waals surface area contributed by atoms with Gasteiger partial charge in [0.15, 0.2) is 5.82 Å². The molecule has 0 radical (unpaired) electrons. The van der Waals surface area contributed by atoms with E-state index in [0.29, 0.717) is 12.2 Å². The Labute approximate surface area is 123 Å². The summed E-state index contributed by atoms with van der Waals surface area (Å²) in [5.74, 6) is -0.781. The van der Waals surface area contributed by atoms with Gasteiger partial charge < -0.3 is 9.30 Å². The van der Waals surface area contributed by atoms with Crippen molar-refractivity contribution in [1.82, 2.24) is 9.55 Å². The van der Waals surface area contributed by atoms with Crippen LogP contribution in [-0.4, -0.2) is 35.1 Å². The Morgan fingerprint density at radius 2 is 2.05 bits per heavy atom. The lowest BCUT2D eigenvalue weighted by Crippen LogP contribution is -2.13. The molecule has 3 nitrogen and oxygen atoms in total. The first-order valence-corrected chi connectivity index (χ1v) is 6.82. The van der Waals surface area contributed by atoms with Crippen molar-refractivity contribution in [2.45, 2.75) is 19.4 Å². The molecule has 21 heavy (non-hydrogen) atoms. The SMILES string of the molecule is Fc1cc(F)c2nc(CCCl)n(CCOCC(F)F)c2c1. The lowest BCUT2D eigenvalue weighted by molar-refractivity contribution is 0.0148. The maximum absolute atomic E-state index is 13.7. The van der Waals surface area contributed by atoms with Crippen LogP contribution in [0.3, 0.4) is 0 Å². The van der Waals surface area contributed by atoms with E-state index in [-0.39, 0.29) is 30.1 Å². The number of fused-ring (bicyclic) bond motifs is 1. The van der Waals surface area contributed by atoms with E-state index in [4.69, 9.17) is 16.3 Å². The molecule has 1 heterocycles. The minimum atomic E-state index is -2.55. The van der Waals surface area contributed by atoms with Gasteiger partial charge in [0.25, 0.3) is 6.43 Å². The molecule has 0 bridgehead atoms. The zero-order valence-corrected chi connectivity index (χ0v) is 11.7. The molecular formula is C13H13ClF4N2O. The van der Waals surface area contributed by atoms with Crippen molar-refractivity contribution in [2.24, 2.45) is 0 Å². The van der Waals surface area contributed by atoms with Crippen LogP contribution in [0.5, 0.6) is 0 Å². The van der Waals surface area contributed by atoms with Gasteiger partial charge in [0.1, 0.15) is 23.8 Å². The second-order valence-electron chi connectivity index (χ2n) is 4.34. The lowest BCUT2D eigenvalue weighted by atomic mass is 10.3. The zero-order valence-electron chi connectivity index (χ0n) is 11.0. The highest BCUT2D eigenvalue weighted by Gasteiger charge is 2.15. The minimum Gasteiger partial charge on any atom is -0.374 e. The highest BCUT2D eigenvalue weighted by Crippen LogP contribution is 2.21. The van der Waals surface area contributed by atoms with Gasteiger partial charge in [0, 0.05) is 24.9 Å². The molecule has 0 aliphatic carbocycles. The highest BCUT2D eigenvalue weighted by molar-refractivity contribution is 6.17. The molecule has 0 saturated heterocycles. The van der Waals surface area contributed by atoms with Crippen molar-refractivity contribution < 1.29 is 22.3 Å². The fourth-order valence-electron chi connectivity index (χ4n) is 2.05. The number of hydrogen-bond donors (Lipinski definition) is 0. The van der Waals surface area contributed by atoms with E-state index < -0.39 is 24.7 Å². The number of aromatic nitrogens is 2. The summed E-state index contributed by atoms with van der Waals surface area (Å²) in [4.78, 5) is 4.09. The maximum atomic E-state index is 13.7. The van der Waals surface area contributed by atoms with Crippen LogP contribution in [0.15, 0.2) is 12.1 Å². The number of ether oxygens (including phenoxy) is 1. The Bertz CT molecular complexity index is 618. The van der Waals surface area contributed by atoms with Crippen LogP contribution < -0.4 is 0 Å². The maximum Gasteiger partial charge on any atom is 0.261 e. The normalized spacial score (nSPS) is 11.7. The van der Waals surface area contributed by atoms with Crippen LogP contribution in [0.2, 0.25) is 0 Å². The van der Waals surface area contributed by atoms with Crippen molar-refractivity contribution in [2.75, 3.05) is 19.1 Å². The predicted octanol–water partition coefficient (Wildman–Crippen LogP) is 3.38.